The predicted octanol–water partition coefficient (Wildman–Crippen LogP) is 2.75. The number of unbranched alkanes of at least 4 members (excludes halogenated alkanes) is 1. The maximum Gasteiger partial charge on any atom is 0.320 e. The predicted molar refractivity (Wildman–Crippen MR) is 70.2 cm³/mol. The summed E-state index contributed by atoms with van der Waals surface area (Å²) in [6.45, 7) is 4.47. The van der Waals surface area contributed by atoms with Crippen molar-refractivity contribution in [2.75, 3.05) is 6.61 Å². The van der Waals surface area contributed by atoms with Crippen LogP contribution in [0.25, 0.3) is 0 Å². The van der Waals surface area contributed by atoms with E-state index in [1.807, 2.05) is 6.07 Å². The fourth-order valence-electron chi connectivity index (χ4n) is 1.71. The average Bonchev–Trinajstić information content (AvgIpc) is 2.36. The highest BCUT2D eigenvalue weighted by Gasteiger charge is 2.27. The van der Waals surface area contributed by atoms with Gasteiger partial charge in [0.15, 0.2) is 5.92 Å². The van der Waals surface area contributed by atoms with Crippen molar-refractivity contribution in [3.05, 3.63) is 0 Å². The minimum atomic E-state index is -1.22. The summed E-state index contributed by atoms with van der Waals surface area (Å²) in [4.78, 5) is 22.4. The molecule has 0 saturated carbocycles. The number of esters is 1. The van der Waals surface area contributed by atoms with Crippen molar-refractivity contribution in [1.82, 2.24) is 0 Å². The summed E-state index contributed by atoms with van der Waals surface area (Å²) in [5, 5.41) is 17.3. The molecule has 0 heterocycles. The van der Waals surface area contributed by atoms with Gasteiger partial charge in [-0.15, -0.1) is 0 Å². The molecule has 0 saturated heterocycles. The van der Waals surface area contributed by atoms with E-state index in [-0.39, 0.29) is 19.4 Å². The Bertz CT molecular complexity index is 322. The minimum Gasteiger partial charge on any atom is -0.481 e. The summed E-state index contributed by atoms with van der Waals surface area (Å²) in [5.74, 6) is -2.70. The van der Waals surface area contributed by atoms with Gasteiger partial charge in [-0.3, -0.25) is 9.59 Å². The number of ether oxygens (including phenoxy) is 1. The van der Waals surface area contributed by atoms with Crippen LogP contribution >= 0.6 is 0 Å². The number of rotatable bonds is 10. The van der Waals surface area contributed by atoms with Gasteiger partial charge < -0.3 is 9.84 Å². The maximum absolute atomic E-state index is 11.6. The number of carboxylic acids is 1. The first-order valence-electron chi connectivity index (χ1n) is 6.79. The average molecular weight is 269 g/mol. The van der Waals surface area contributed by atoms with Crippen LogP contribution < -0.4 is 0 Å². The molecule has 0 aliphatic rings. The summed E-state index contributed by atoms with van der Waals surface area (Å²) in [6, 6.07) is 1.83. The lowest BCUT2D eigenvalue weighted by Crippen LogP contribution is -2.26. The first-order chi connectivity index (χ1) is 9.02. The van der Waals surface area contributed by atoms with E-state index in [4.69, 9.17) is 15.1 Å². The Morgan fingerprint density at radius 1 is 1.32 bits per heavy atom. The van der Waals surface area contributed by atoms with Crippen molar-refractivity contribution in [3.8, 4) is 6.07 Å². The molecule has 0 fully saturated rings. The molecule has 0 aliphatic carbocycles. The van der Waals surface area contributed by atoms with E-state index in [0.29, 0.717) is 5.92 Å². The molecule has 2 unspecified atom stereocenters. The number of aliphatic carboxylic acids is 1. The molecule has 1 N–H and O–H groups in total. The molecule has 0 radical (unpaired) electrons. The molecule has 5 nitrogen and oxygen atoms in total. The molecule has 0 rings (SSSR count). The molecule has 0 spiro atoms. The van der Waals surface area contributed by atoms with Crippen molar-refractivity contribution < 1.29 is 19.4 Å². The van der Waals surface area contributed by atoms with Crippen LogP contribution in [0.1, 0.15) is 52.4 Å². The Morgan fingerprint density at radius 3 is 2.53 bits per heavy atom. The number of carbonyl (C=O) groups excluding carboxylic acids is 1. The van der Waals surface area contributed by atoms with Gasteiger partial charge in [0.05, 0.1) is 12.7 Å². The number of hydrogen-bond acceptors (Lipinski definition) is 4. The van der Waals surface area contributed by atoms with Gasteiger partial charge in [0.25, 0.3) is 0 Å². The third-order valence-electron chi connectivity index (χ3n) is 3.03. The highest BCUT2D eigenvalue weighted by molar-refractivity contribution is 5.93. The van der Waals surface area contributed by atoms with Gasteiger partial charge in [0.1, 0.15) is 0 Å². The van der Waals surface area contributed by atoms with Crippen LogP contribution in [-0.4, -0.2) is 23.7 Å². The highest BCUT2D eigenvalue weighted by atomic mass is 16.5. The number of nitriles is 1. The molecule has 0 aromatic heterocycles. The summed E-state index contributed by atoms with van der Waals surface area (Å²) >= 11 is 0. The van der Waals surface area contributed by atoms with Crippen LogP contribution in [0, 0.1) is 23.2 Å². The smallest absolute Gasteiger partial charge is 0.320 e. The normalized spacial score (nSPS) is 13.3. The summed E-state index contributed by atoms with van der Waals surface area (Å²) in [7, 11) is 0. The standard InChI is InChI=1S/C14H23NO4/c1-3-4-6-11(2)8-10-19-14(18)12(13(16)17)7-5-9-15/h11-12H,3-8,10H2,1-2H3,(H,16,17). The number of nitrogens with zero attached hydrogens (tertiary/aromatic N) is 1. The molecular weight excluding hydrogens is 246 g/mol. The lowest BCUT2D eigenvalue weighted by Gasteiger charge is -2.13. The molecule has 2 atom stereocenters. The number of hydrogen-bond donors (Lipinski definition) is 1. The summed E-state index contributed by atoms with van der Waals surface area (Å²) in [6.07, 6.45) is 4.17. The fourth-order valence-corrected chi connectivity index (χ4v) is 1.71. The van der Waals surface area contributed by atoms with Crippen LogP contribution in [0.15, 0.2) is 0 Å². The molecule has 0 aliphatic heterocycles. The molecule has 5 heteroatoms. The molecule has 0 aromatic rings. The Hall–Kier alpha value is -1.57. The largest absolute Gasteiger partial charge is 0.481 e. The van der Waals surface area contributed by atoms with Gasteiger partial charge in [-0.1, -0.05) is 33.1 Å². The topological polar surface area (TPSA) is 87.4 Å². The van der Waals surface area contributed by atoms with E-state index in [9.17, 15) is 9.59 Å². The minimum absolute atomic E-state index is 0.00998. The molecule has 0 bridgehead atoms. The maximum atomic E-state index is 11.6. The Labute approximate surface area is 114 Å². The van der Waals surface area contributed by atoms with Crippen molar-refractivity contribution in [3.63, 3.8) is 0 Å². The first-order valence-corrected chi connectivity index (χ1v) is 6.79. The van der Waals surface area contributed by atoms with E-state index in [0.717, 1.165) is 25.7 Å². The Morgan fingerprint density at radius 2 is 2.00 bits per heavy atom. The summed E-state index contributed by atoms with van der Waals surface area (Å²) in [5.41, 5.74) is 0. The number of carboxylic acid groups (broad SMARTS) is 1. The lowest BCUT2D eigenvalue weighted by molar-refractivity contribution is -0.159. The fraction of sp³-hybridized carbons (Fsp3) is 0.786. The van der Waals surface area contributed by atoms with E-state index < -0.39 is 17.9 Å². The van der Waals surface area contributed by atoms with Gasteiger partial charge in [-0.2, -0.15) is 5.26 Å². The Kier molecular flexibility index (Phi) is 9.51. The molecule has 19 heavy (non-hydrogen) atoms. The van der Waals surface area contributed by atoms with E-state index in [1.54, 1.807) is 0 Å². The van der Waals surface area contributed by atoms with Gasteiger partial charge >= 0.3 is 11.9 Å². The Balaban J connectivity index is 3.99. The highest BCUT2D eigenvalue weighted by Crippen LogP contribution is 2.13. The zero-order chi connectivity index (χ0) is 14.7. The quantitative estimate of drug-likeness (QED) is 0.486. The number of carbonyl (C=O) groups is 2. The molecule has 0 amide bonds. The zero-order valence-corrected chi connectivity index (χ0v) is 11.7. The van der Waals surface area contributed by atoms with Crippen molar-refractivity contribution >= 4 is 11.9 Å². The van der Waals surface area contributed by atoms with Gasteiger partial charge in [-0.25, -0.2) is 0 Å². The van der Waals surface area contributed by atoms with Crippen LogP contribution in [0.2, 0.25) is 0 Å². The monoisotopic (exact) mass is 269 g/mol. The van der Waals surface area contributed by atoms with Gasteiger partial charge in [0, 0.05) is 6.42 Å². The SMILES string of the molecule is CCCCC(C)CCOC(=O)C(CCC#N)C(=O)O. The van der Waals surface area contributed by atoms with E-state index >= 15 is 0 Å². The second kappa shape index (κ2) is 10.4. The molecule has 0 aromatic carbocycles. The van der Waals surface area contributed by atoms with E-state index in [1.165, 1.54) is 0 Å². The van der Waals surface area contributed by atoms with Crippen LogP contribution in [0.5, 0.6) is 0 Å². The third kappa shape index (κ3) is 8.20. The van der Waals surface area contributed by atoms with Crippen LogP contribution in [0.3, 0.4) is 0 Å². The third-order valence-corrected chi connectivity index (χ3v) is 3.03. The van der Waals surface area contributed by atoms with Gasteiger partial charge in [0.2, 0.25) is 0 Å². The zero-order valence-electron chi connectivity index (χ0n) is 11.7. The van der Waals surface area contributed by atoms with Crippen LogP contribution in [-0.2, 0) is 14.3 Å². The second-order valence-corrected chi connectivity index (χ2v) is 4.79. The van der Waals surface area contributed by atoms with Crippen molar-refractivity contribution in [2.24, 2.45) is 11.8 Å². The van der Waals surface area contributed by atoms with Crippen molar-refractivity contribution in [2.45, 2.75) is 52.4 Å². The van der Waals surface area contributed by atoms with E-state index in [2.05, 4.69) is 13.8 Å². The molecule has 108 valence electrons. The van der Waals surface area contributed by atoms with Crippen LogP contribution in [0.4, 0.5) is 0 Å². The molecular formula is C14H23NO4. The summed E-state index contributed by atoms with van der Waals surface area (Å²) < 4.78 is 4.98. The van der Waals surface area contributed by atoms with Gasteiger partial charge in [-0.05, 0) is 18.8 Å². The lowest BCUT2D eigenvalue weighted by atomic mass is 10.0. The first kappa shape index (κ1) is 17.4. The second-order valence-electron chi connectivity index (χ2n) is 4.79. The van der Waals surface area contributed by atoms with Crippen molar-refractivity contribution in [1.29, 1.82) is 5.26 Å².